The maximum Gasteiger partial charge on any atom is 0.229 e. The molecular weight excluding hydrogens is 272 g/mol. The van der Waals surface area contributed by atoms with E-state index in [1.807, 2.05) is 13.8 Å². The van der Waals surface area contributed by atoms with Crippen LogP contribution < -0.4 is 10.6 Å². The smallest absolute Gasteiger partial charge is 0.229 e. The summed E-state index contributed by atoms with van der Waals surface area (Å²) in [4.78, 5) is 29.1. The van der Waals surface area contributed by atoms with Crippen LogP contribution in [-0.4, -0.2) is 62.1 Å². The molecule has 0 aromatic rings. The number of aliphatic imine (C=N–C) groups is 1. The number of hydrogen-bond donors (Lipinski definition) is 2. The summed E-state index contributed by atoms with van der Waals surface area (Å²) in [6, 6.07) is 0.131. The van der Waals surface area contributed by atoms with Gasteiger partial charge < -0.3 is 15.4 Å². The molecule has 1 fully saturated rings. The molecule has 0 spiro atoms. The van der Waals surface area contributed by atoms with E-state index in [1.54, 1.807) is 7.11 Å². The van der Waals surface area contributed by atoms with E-state index in [-0.39, 0.29) is 17.9 Å². The molecular formula is C14H26N4O3. The number of piperidine rings is 1. The molecule has 21 heavy (non-hydrogen) atoms. The van der Waals surface area contributed by atoms with Crippen molar-refractivity contribution in [3.05, 3.63) is 0 Å². The first-order valence-corrected chi connectivity index (χ1v) is 7.45. The quantitative estimate of drug-likeness (QED) is 0.396. The zero-order valence-electron chi connectivity index (χ0n) is 13.1. The van der Waals surface area contributed by atoms with Gasteiger partial charge >= 0.3 is 0 Å². The van der Waals surface area contributed by atoms with Gasteiger partial charge in [0.15, 0.2) is 5.96 Å². The van der Waals surface area contributed by atoms with E-state index in [0.29, 0.717) is 44.9 Å². The molecule has 0 aromatic carbocycles. The highest BCUT2D eigenvalue weighted by Crippen LogP contribution is 2.11. The van der Waals surface area contributed by atoms with Gasteiger partial charge in [-0.05, 0) is 20.3 Å². The number of hydrogen-bond acceptors (Lipinski definition) is 4. The van der Waals surface area contributed by atoms with E-state index in [9.17, 15) is 9.59 Å². The van der Waals surface area contributed by atoms with Gasteiger partial charge in [0.1, 0.15) is 0 Å². The highest BCUT2D eigenvalue weighted by molar-refractivity contribution is 5.97. The zero-order valence-corrected chi connectivity index (χ0v) is 13.1. The topological polar surface area (TPSA) is 83.0 Å². The Morgan fingerprint density at radius 2 is 2.05 bits per heavy atom. The van der Waals surface area contributed by atoms with Gasteiger partial charge in [-0.15, -0.1) is 0 Å². The Hall–Kier alpha value is -1.63. The van der Waals surface area contributed by atoms with Gasteiger partial charge in [0.05, 0.1) is 13.2 Å². The number of rotatable bonds is 7. The number of ether oxygens (including phenoxy) is 1. The molecule has 7 heteroatoms. The van der Waals surface area contributed by atoms with E-state index in [4.69, 9.17) is 4.74 Å². The van der Waals surface area contributed by atoms with Crippen molar-refractivity contribution in [2.45, 2.75) is 39.2 Å². The molecule has 1 heterocycles. The van der Waals surface area contributed by atoms with E-state index < -0.39 is 0 Å². The van der Waals surface area contributed by atoms with Crippen molar-refractivity contribution < 1.29 is 14.3 Å². The van der Waals surface area contributed by atoms with E-state index in [1.165, 1.54) is 4.90 Å². The standard InChI is InChI=1S/C14H26N4O3/c1-4-15-14(17-11(2)10-21-3)16-8-9-18-12(19)6-5-7-13(18)20/h11H,4-10H2,1-3H3,(H2,15,16,17). The van der Waals surface area contributed by atoms with Crippen molar-refractivity contribution in [1.82, 2.24) is 15.5 Å². The van der Waals surface area contributed by atoms with Crippen LogP contribution >= 0.6 is 0 Å². The average Bonchev–Trinajstić information content (AvgIpc) is 2.42. The fourth-order valence-electron chi connectivity index (χ4n) is 2.16. The minimum atomic E-state index is -0.0906. The fourth-order valence-corrected chi connectivity index (χ4v) is 2.16. The van der Waals surface area contributed by atoms with Gasteiger partial charge in [0.2, 0.25) is 11.8 Å². The third-order valence-electron chi connectivity index (χ3n) is 3.12. The third-order valence-corrected chi connectivity index (χ3v) is 3.12. The number of carbonyl (C=O) groups excluding carboxylic acids is 2. The summed E-state index contributed by atoms with van der Waals surface area (Å²) in [5.74, 6) is 0.485. The van der Waals surface area contributed by atoms with Crippen LogP contribution in [0.5, 0.6) is 0 Å². The first-order chi connectivity index (χ1) is 10.1. The summed E-state index contributed by atoms with van der Waals surface area (Å²) in [5.41, 5.74) is 0. The Bertz CT molecular complexity index is 368. The molecule has 1 atom stereocenters. The first-order valence-electron chi connectivity index (χ1n) is 7.45. The lowest BCUT2D eigenvalue weighted by molar-refractivity contribution is -0.147. The second-order valence-corrected chi connectivity index (χ2v) is 5.05. The highest BCUT2D eigenvalue weighted by Gasteiger charge is 2.25. The van der Waals surface area contributed by atoms with Crippen molar-refractivity contribution in [2.75, 3.05) is 33.4 Å². The lowest BCUT2D eigenvalue weighted by Gasteiger charge is -2.24. The Morgan fingerprint density at radius 1 is 1.38 bits per heavy atom. The van der Waals surface area contributed by atoms with Gasteiger partial charge in [0, 0.05) is 39.1 Å². The van der Waals surface area contributed by atoms with Gasteiger partial charge in [-0.25, -0.2) is 0 Å². The van der Waals surface area contributed by atoms with Crippen LogP contribution in [0.4, 0.5) is 0 Å². The zero-order chi connectivity index (χ0) is 15.7. The summed E-state index contributed by atoms with van der Waals surface area (Å²) in [6.07, 6.45) is 1.58. The molecule has 0 aromatic heterocycles. The Kier molecular flexibility index (Phi) is 7.74. The molecule has 7 nitrogen and oxygen atoms in total. The molecule has 1 aliphatic rings. The third kappa shape index (κ3) is 6.12. The molecule has 2 N–H and O–H groups in total. The van der Waals surface area contributed by atoms with E-state index in [2.05, 4.69) is 15.6 Å². The first kappa shape index (κ1) is 17.4. The molecule has 120 valence electrons. The molecule has 0 aliphatic carbocycles. The van der Waals surface area contributed by atoms with Gasteiger partial charge in [-0.1, -0.05) is 0 Å². The summed E-state index contributed by atoms with van der Waals surface area (Å²) >= 11 is 0. The van der Waals surface area contributed by atoms with Crippen LogP contribution in [-0.2, 0) is 14.3 Å². The molecule has 1 saturated heterocycles. The molecule has 2 amide bonds. The monoisotopic (exact) mass is 298 g/mol. The van der Waals surface area contributed by atoms with Gasteiger partial charge in [-0.3, -0.25) is 19.5 Å². The number of amides is 2. The molecule has 0 saturated carbocycles. The number of nitrogens with one attached hydrogen (secondary N) is 2. The van der Waals surface area contributed by atoms with Crippen molar-refractivity contribution in [1.29, 1.82) is 0 Å². The molecule has 0 bridgehead atoms. The number of nitrogens with zero attached hydrogens (tertiary/aromatic N) is 2. The van der Waals surface area contributed by atoms with Crippen molar-refractivity contribution in [3.63, 3.8) is 0 Å². The van der Waals surface area contributed by atoms with Crippen LogP contribution in [0.15, 0.2) is 4.99 Å². The van der Waals surface area contributed by atoms with E-state index in [0.717, 1.165) is 6.54 Å². The molecule has 1 rings (SSSR count). The second-order valence-electron chi connectivity index (χ2n) is 5.05. The van der Waals surface area contributed by atoms with Crippen LogP contribution in [0.25, 0.3) is 0 Å². The predicted molar refractivity (Wildman–Crippen MR) is 81.0 cm³/mol. The number of guanidine groups is 1. The van der Waals surface area contributed by atoms with Crippen molar-refractivity contribution in [2.24, 2.45) is 4.99 Å². The predicted octanol–water partition coefficient (Wildman–Crippen LogP) is 0.116. The van der Waals surface area contributed by atoms with Gasteiger partial charge in [-0.2, -0.15) is 0 Å². The lowest BCUT2D eigenvalue weighted by atomic mass is 10.1. The largest absolute Gasteiger partial charge is 0.383 e. The SMILES string of the molecule is CCNC(=NCCN1C(=O)CCCC1=O)NC(C)COC. The normalized spacial score (nSPS) is 17.9. The number of imide groups is 1. The van der Waals surface area contributed by atoms with Crippen molar-refractivity contribution >= 4 is 17.8 Å². The fraction of sp³-hybridized carbons (Fsp3) is 0.786. The van der Waals surface area contributed by atoms with Crippen LogP contribution in [0.1, 0.15) is 33.1 Å². The highest BCUT2D eigenvalue weighted by atomic mass is 16.5. The number of carbonyl (C=O) groups is 2. The van der Waals surface area contributed by atoms with Crippen LogP contribution in [0.2, 0.25) is 0 Å². The van der Waals surface area contributed by atoms with Crippen LogP contribution in [0.3, 0.4) is 0 Å². The summed E-state index contributed by atoms with van der Waals surface area (Å²) < 4.78 is 5.07. The molecule has 1 aliphatic heterocycles. The summed E-state index contributed by atoms with van der Waals surface area (Å²) in [7, 11) is 1.65. The Labute approximate surface area is 126 Å². The Morgan fingerprint density at radius 3 is 2.62 bits per heavy atom. The van der Waals surface area contributed by atoms with Gasteiger partial charge in [0.25, 0.3) is 0 Å². The number of methoxy groups -OCH3 is 1. The maximum absolute atomic E-state index is 11.7. The molecule has 0 radical (unpaired) electrons. The number of likely N-dealkylation sites (tertiary alicyclic amines) is 1. The minimum absolute atomic E-state index is 0.0906. The second kappa shape index (κ2) is 9.33. The lowest BCUT2D eigenvalue weighted by Crippen LogP contribution is -2.45. The van der Waals surface area contributed by atoms with Crippen molar-refractivity contribution in [3.8, 4) is 0 Å². The van der Waals surface area contributed by atoms with E-state index >= 15 is 0 Å². The molecule has 1 unspecified atom stereocenters. The maximum atomic E-state index is 11.7. The average molecular weight is 298 g/mol. The Balaban J connectivity index is 2.49. The minimum Gasteiger partial charge on any atom is -0.383 e. The van der Waals surface area contributed by atoms with Crippen LogP contribution in [0, 0.1) is 0 Å². The summed E-state index contributed by atoms with van der Waals surface area (Å²) in [5, 5.41) is 6.33. The summed E-state index contributed by atoms with van der Waals surface area (Å²) in [6.45, 7) is 6.03.